The zero-order valence-corrected chi connectivity index (χ0v) is 17.1. The lowest BCUT2D eigenvalue weighted by atomic mass is 10.1. The van der Waals surface area contributed by atoms with Crippen molar-refractivity contribution in [2.75, 3.05) is 12.4 Å². The van der Waals surface area contributed by atoms with E-state index in [1.165, 1.54) is 11.8 Å². The van der Waals surface area contributed by atoms with Gasteiger partial charge in [-0.2, -0.15) is 5.10 Å². The number of rotatable bonds is 5. The van der Waals surface area contributed by atoms with Crippen molar-refractivity contribution in [3.05, 3.63) is 90.5 Å². The average Bonchev–Trinajstić information content (AvgIpc) is 2.80. The molecule has 1 atom stereocenters. The highest BCUT2D eigenvalue weighted by Gasteiger charge is 2.32. The molecule has 0 unspecified atom stereocenters. The molecule has 1 heterocycles. The van der Waals surface area contributed by atoms with Crippen LogP contribution in [-0.4, -0.2) is 29.1 Å². The summed E-state index contributed by atoms with van der Waals surface area (Å²) in [5, 5.41) is 7.45. The molecule has 1 amide bonds. The summed E-state index contributed by atoms with van der Waals surface area (Å²) in [7, 11) is 1.59. The fraction of sp³-hybridized carbons (Fsp3) is 0.0870. The molecule has 0 radical (unpaired) electrons. The first kappa shape index (κ1) is 19.7. The van der Waals surface area contributed by atoms with Crippen molar-refractivity contribution in [3.63, 3.8) is 0 Å². The number of nitrogens with one attached hydrogen (secondary N) is 2. The van der Waals surface area contributed by atoms with Crippen molar-refractivity contribution in [3.8, 4) is 5.75 Å². The summed E-state index contributed by atoms with van der Waals surface area (Å²) < 4.78 is 5.25. The van der Waals surface area contributed by atoms with Gasteiger partial charge in [0, 0.05) is 11.8 Å². The topological polar surface area (TPSA) is 75.1 Å². The number of para-hydroxylation sites is 1. The maximum Gasteiger partial charge on any atom is 0.244 e. The van der Waals surface area contributed by atoms with Crippen molar-refractivity contribution in [2.45, 2.75) is 5.25 Å². The molecule has 150 valence electrons. The summed E-state index contributed by atoms with van der Waals surface area (Å²) in [6, 6.07) is 26.5. The Bertz CT molecular complexity index is 1080. The zero-order valence-electron chi connectivity index (χ0n) is 16.3. The van der Waals surface area contributed by atoms with Crippen molar-refractivity contribution in [1.82, 2.24) is 5.43 Å². The van der Waals surface area contributed by atoms with Gasteiger partial charge in [-0.1, -0.05) is 66.4 Å². The molecule has 1 aliphatic heterocycles. The molecule has 7 heteroatoms. The molecule has 3 aromatic carbocycles. The third-order valence-corrected chi connectivity index (χ3v) is 5.46. The van der Waals surface area contributed by atoms with Gasteiger partial charge in [-0.3, -0.25) is 10.2 Å². The van der Waals surface area contributed by atoms with E-state index in [1.807, 2.05) is 78.9 Å². The quantitative estimate of drug-likeness (QED) is 0.645. The third kappa shape index (κ3) is 4.69. The molecule has 0 bridgehead atoms. The second kappa shape index (κ2) is 9.28. The van der Waals surface area contributed by atoms with E-state index in [0.29, 0.717) is 22.3 Å². The molecular formula is C23H20N4O2S. The Hall–Kier alpha value is -3.58. The molecule has 0 aromatic heterocycles. The Labute approximate surface area is 179 Å². The van der Waals surface area contributed by atoms with E-state index in [9.17, 15) is 4.79 Å². The van der Waals surface area contributed by atoms with Crippen molar-refractivity contribution < 1.29 is 9.53 Å². The van der Waals surface area contributed by atoms with Gasteiger partial charge in [0.25, 0.3) is 0 Å². The number of carbonyl (C=O) groups excluding carboxylic acids is 1. The maximum atomic E-state index is 13.2. The number of methoxy groups -OCH3 is 1. The van der Waals surface area contributed by atoms with Gasteiger partial charge in [-0.25, -0.2) is 4.99 Å². The summed E-state index contributed by atoms with van der Waals surface area (Å²) in [5.41, 5.74) is 5.96. The third-order valence-electron chi connectivity index (χ3n) is 4.38. The summed E-state index contributed by atoms with van der Waals surface area (Å²) in [6.07, 6.45) is 0. The number of hydrogen-bond donors (Lipinski definition) is 2. The monoisotopic (exact) mass is 416 g/mol. The van der Waals surface area contributed by atoms with Gasteiger partial charge in [0.15, 0.2) is 5.17 Å². The smallest absolute Gasteiger partial charge is 0.244 e. The van der Waals surface area contributed by atoms with Crippen LogP contribution < -0.4 is 15.5 Å². The summed E-state index contributed by atoms with van der Waals surface area (Å²) in [4.78, 5) is 17.8. The standard InChI is InChI=1S/C23H20N4O2S/c1-29-19-14-8-13-18(15-19)24-22(28)21-20(16-9-4-2-5-10-16)26-27-23(30-21)25-17-11-6-3-7-12-17/h2-15,21H,1H3,(H,24,28)(H,25,27)/t21-/m0/s1. The molecule has 6 nitrogen and oxygen atoms in total. The lowest BCUT2D eigenvalue weighted by molar-refractivity contribution is -0.114. The molecule has 30 heavy (non-hydrogen) atoms. The number of benzene rings is 3. The van der Waals surface area contributed by atoms with E-state index in [-0.39, 0.29) is 5.91 Å². The van der Waals surface area contributed by atoms with Gasteiger partial charge in [0.2, 0.25) is 5.91 Å². The minimum atomic E-state index is -0.567. The van der Waals surface area contributed by atoms with Crippen LogP contribution in [-0.2, 0) is 4.79 Å². The molecule has 0 fully saturated rings. The van der Waals surface area contributed by atoms with E-state index in [4.69, 9.17) is 4.74 Å². The highest BCUT2D eigenvalue weighted by atomic mass is 32.2. The van der Waals surface area contributed by atoms with Crippen LogP contribution in [0.25, 0.3) is 0 Å². The average molecular weight is 417 g/mol. The SMILES string of the molecule is COc1cccc(NC(=O)[C@H]2SC(=Nc3ccccc3)NN=C2c2ccccc2)c1. The zero-order chi connectivity index (χ0) is 20.8. The van der Waals surface area contributed by atoms with Crippen LogP contribution >= 0.6 is 11.8 Å². The minimum absolute atomic E-state index is 0.182. The molecule has 3 aromatic rings. The maximum absolute atomic E-state index is 13.2. The molecule has 1 aliphatic rings. The number of anilines is 1. The number of ether oxygens (including phenoxy) is 1. The normalized spacial score (nSPS) is 17.0. The Kier molecular flexibility index (Phi) is 6.10. The van der Waals surface area contributed by atoms with Crippen LogP contribution in [0.2, 0.25) is 0 Å². The van der Waals surface area contributed by atoms with Crippen LogP contribution in [0.15, 0.2) is 95.0 Å². The lowest BCUT2D eigenvalue weighted by Crippen LogP contribution is -2.40. The number of amides is 1. The molecular weight excluding hydrogens is 396 g/mol. The van der Waals surface area contributed by atoms with Crippen LogP contribution in [0.3, 0.4) is 0 Å². The largest absolute Gasteiger partial charge is 0.497 e. The van der Waals surface area contributed by atoms with Crippen LogP contribution in [0, 0.1) is 0 Å². The first-order chi connectivity index (χ1) is 14.7. The second-order valence-corrected chi connectivity index (χ2v) is 7.54. The number of nitrogens with zero attached hydrogens (tertiary/aromatic N) is 2. The Morgan fingerprint density at radius 1 is 1.03 bits per heavy atom. The molecule has 0 saturated heterocycles. The van der Waals surface area contributed by atoms with Crippen molar-refractivity contribution >= 4 is 39.9 Å². The van der Waals surface area contributed by atoms with E-state index in [1.54, 1.807) is 13.2 Å². The highest BCUT2D eigenvalue weighted by Crippen LogP contribution is 2.26. The molecule has 0 saturated carbocycles. The minimum Gasteiger partial charge on any atom is -0.497 e. The summed E-state index contributed by atoms with van der Waals surface area (Å²) >= 11 is 1.33. The number of thioether (sulfide) groups is 1. The van der Waals surface area contributed by atoms with Gasteiger partial charge in [-0.15, -0.1) is 0 Å². The summed E-state index contributed by atoms with van der Waals surface area (Å²) in [6.45, 7) is 0. The van der Waals surface area contributed by atoms with E-state index in [2.05, 4.69) is 20.8 Å². The molecule has 0 aliphatic carbocycles. The number of hydrazone groups is 1. The molecule has 2 N–H and O–H groups in total. The van der Waals surface area contributed by atoms with E-state index < -0.39 is 5.25 Å². The van der Waals surface area contributed by atoms with Gasteiger partial charge >= 0.3 is 0 Å². The van der Waals surface area contributed by atoms with E-state index in [0.717, 1.165) is 11.3 Å². The number of carbonyl (C=O) groups is 1. The van der Waals surface area contributed by atoms with E-state index >= 15 is 0 Å². The van der Waals surface area contributed by atoms with Crippen molar-refractivity contribution in [2.24, 2.45) is 10.1 Å². The predicted molar refractivity (Wildman–Crippen MR) is 123 cm³/mol. The first-order valence-corrected chi connectivity index (χ1v) is 10.3. The van der Waals surface area contributed by atoms with Crippen LogP contribution in [0.4, 0.5) is 11.4 Å². The Morgan fingerprint density at radius 2 is 1.77 bits per heavy atom. The van der Waals surface area contributed by atoms with Crippen molar-refractivity contribution in [1.29, 1.82) is 0 Å². The second-order valence-electron chi connectivity index (χ2n) is 6.45. The van der Waals surface area contributed by atoms with Crippen LogP contribution in [0.1, 0.15) is 5.56 Å². The van der Waals surface area contributed by atoms with Crippen LogP contribution in [0.5, 0.6) is 5.75 Å². The number of aliphatic imine (C=N–C) groups is 1. The Morgan fingerprint density at radius 3 is 2.50 bits per heavy atom. The van der Waals surface area contributed by atoms with Gasteiger partial charge < -0.3 is 10.1 Å². The number of amidine groups is 1. The van der Waals surface area contributed by atoms with Gasteiger partial charge in [0.1, 0.15) is 11.0 Å². The number of hydrogen-bond acceptors (Lipinski definition) is 5. The highest BCUT2D eigenvalue weighted by molar-refractivity contribution is 8.15. The molecule has 0 spiro atoms. The summed E-state index contributed by atoms with van der Waals surface area (Å²) in [5.74, 6) is 0.493. The lowest BCUT2D eigenvalue weighted by Gasteiger charge is -2.23. The van der Waals surface area contributed by atoms with Gasteiger partial charge in [0.05, 0.1) is 18.5 Å². The first-order valence-electron chi connectivity index (χ1n) is 9.37. The predicted octanol–water partition coefficient (Wildman–Crippen LogP) is 4.43. The fourth-order valence-corrected chi connectivity index (χ4v) is 3.89. The van der Waals surface area contributed by atoms with Gasteiger partial charge in [-0.05, 0) is 29.8 Å². The fourth-order valence-electron chi connectivity index (χ4n) is 2.94. The molecule has 4 rings (SSSR count). The Balaban J connectivity index is 1.63.